The van der Waals surface area contributed by atoms with Crippen LogP contribution in [0.5, 0.6) is 0 Å². The van der Waals surface area contributed by atoms with Gasteiger partial charge in [0.2, 0.25) is 0 Å². The number of aromatic nitrogens is 2. The molecule has 2 heterocycles. The smallest absolute Gasteiger partial charge is 0.191 e. The van der Waals surface area contributed by atoms with Crippen LogP contribution >= 0.6 is 23.1 Å². The van der Waals surface area contributed by atoms with Crippen LogP contribution in [-0.2, 0) is 6.42 Å². The number of rotatable bonds is 3. The summed E-state index contributed by atoms with van der Waals surface area (Å²) in [6, 6.07) is 0. The van der Waals surface area contributed by atoms with Crippen LogP contribution in [0.15, 0.2) is 17.8 Å². The Hall–Kier alpha value is -1.07. The third kappa shape index (κ3) is 2.25. The maximum atomic E-state index is 6.18. The van der Waals surface area contributed by atoms with Gasteiger partial charge in [0, 0.05) is 10.6 Å². The van der Waals surface area contributed by atoms with Gasteiger partial charge in [0.15, 0.2) is 5.16 Å². The summed E-state index contributed by atoms with van der Waals surface area (Å²) in [4.78, 5) is 11.6. The number of hydrogen-bond acceptors (Lipinski definition) is 5. The standard InChI is InChI=1S/C14H17N3S2/c1-3-7-18-14-16-12(15)11-10-8(2)5-4-6-9(10)19-13(11)17-14/h3,8H,1,4-7H2,2H3,(H2,15,16,17). The van der Waals surface area contributed by atoms with Crippen LogP contribution in [0.4, 0.5) is 5.82 Å². The number of thioether (sulfide) groups is 1. The van der Waals surface area contributed by atoms with Crippen LogP contribution in [0.3, 0.4) is 0 Å². The normalized spacial score (nSPS) is 18.5. The number of nitrogen functional groups attached to an aromatic ring is 1. The monoisotopic (exact) mass is 291 g/mol. The topological polar surface area (TPSA) is 51.8 Å². The number of nitrogens with two attached hydrogens (primary N) is 1. The fourth-order valence-corrected chi connectivity index (χ4v) is 4.68. The van der Waals surface area contributed by atoms with Gasteiger partial charge < -0.3 is 5.73 Å². The second-order valence-corrected chi connectivity index (χ2v) is 6.97. The largest absolute Gasteiger partial charge is 0.383 e. The number of fused-ring (bicyclic) bond motifs is 3. The van der Waals surface area contributed by atoms with Gasteiger partial charge in [-0.05, 0) is 30.7 Å². The third-order valence-corrected chi connectivity index (χ3v) is 5.54. The van der Waals surface area contributed by atoms with Crippen molar-refractivity contribution in [3.8, 4) is 0 Å². The van der Waals surface area contributed by atoms with Crippen LogP contribution in [0.2, 0.25) is 0 Å². The molecule has 0 radical (unpaired) electrons. The lowest BCUT2D eigenvalue weighted by atomic mass is 9.87. The highest BCUT2D eigenvalue weighted by atomic mass is 32.2. The molecule has 1 atom stereocenters. The molecule has 0 aliphatic heterocycles. The molecule has 1 aliphatic rings. The molecule has 5 heteroatoms. The summed E-state index contributed by atoms with van der Waals surface area (Å²) in [5.41, 5.74) is 7.58. The molecule has 0 amide bonds. The molecule has 0 bridgehead atoms. The van der Waals surface area contributed by atoms with Gasteiger partial charge in [-0.25, -0.2) is 9.97 Å². The van der Waals surface area contributed by atoms with Crippen molar-refractivity contribution in [1.29, 1.82) is 0 Å². The van der Waals surface area contributed by atoms with E-state index < -0.39 is 0 Å². The third-order valence-electron chi connectivity index (χ3n) is 3.54. The zero-order chi connectivity index (χ0) is 13.4. The van der Waals surface area contributed by atoms with Gasteiger partial charge in [0.1, 0.15) is 10.6 Å². The summed E-state index contributed by atoms with van der Waals surface area (Å²) in [7, 11) is 0. The number of anilines is 1. The van der Waals surface area contributed by atoms with E-state index in [1.165, 1.54) is 23.3 Å². The quantitative estimate of drug-likeness (QED) is 0.528. The van der Waals surface area contributed by atoms with Crippen molar-refractivity contribution in [1.82, 2.24) is 9.97 Å². The van der Waals surface area contributed by atoms with Crippen molar-refractivity contribution < 1.29 is 0 Å². The Kier molecular flexibility index (Phi) is 3.50. The van der Waals surface area contributed by atoms with Gasteiger partial charge in [0.25, 0.3) is 0 Å². The van der Waals surface area contributed by atoms with E-state index in [2.05, 4.69) is 23.5 Å². The van der Waals surface area contributed by atoms with Crippen LogP contribution in [-0.4, -0.2) is 15.7 Å². The molecule has 3 rings (SSSR count). The Morgan fingerprint density at radius 2 is 2.37 bits per heavy atom. The first-order chi connectivity index (χ1) is 9.20. The van der Waals surface area contributed by atoms with Gasteiger partial charge >= 0.3 is 0 Å². The highest BCUT2D eigenvalue weighted by Crippen LogP contribution is 2.43. The predicted molar refractivity (Wildman–Crippen MR) is 84.1 cm³/mol. The predicted octanol–water partition coefficient (Wildman–Crippen LogP) is 3.99. The van der Waals surface area contributed by atoms with E-state index in [9.17, 15) is 0 Å². The van der Waals surface area contributed by atoms with Gasteiger partial charge in [-0.3, -0.25) is 0 Å². The van der Waals surface area contributed by atoms with E-state index >= 15 is 0 Å². The average Bonchev–Trinajstić information content (AvgIpc) is 2.76. The minimum atomic E-state index is 0.579. The number of aryl methyl sites for hydroxylation is 1. The molecule has 100 valence electrons. The van der Waals surface area contributed by atoms with Gasteiger partial charge in [-0.1, -0.05) is 24.8 Å². The molecule has 2 aromatic heterocycles. The Balaban J connectivity index is 2.14. The van der Waals surface area contributed by atoms with Crippen molar-refractivity contribution in [2.45, 2.75) is 37.3 Å². The second kappa shape index (κ2) is 5.13. The fourth-order valence-electron chi connectivity index (χ4n) is 2.69. The van der Waals surface area contributed by atoms with Crippen LogP contribution < -0.4 is 5.73 Å². The zero-order valence-corrected chi connectivity index (χ0v) is 12.6. The molecule has 0 saturated carbocycles. The molecule has 0 fully saturated rings. The summed E-state index contributed by atoms with van der Waals surface area (Å²) in [5.74, 6) is 2.03. The SMILES string of the molecule is C=CCSc1nc(N)c2c3c(sc2n1)CCCC3C. The zero-order valence-electron chi connectivity index (χ0n) is 11.0. The molecule has 2 N–H and O–H groups in total. The lowest BCUT2D eigenvalue weighted by molar-refractivity contribution is 0.602. The van der Waals surface area contributed by atoms with E-state index in [4.69, 9.17) is 5.73 Å². The van der Waals surface area contributed by atoms with E-state index in [1.807, 2.05) is 6.08 Å². The lowest BCUT2D eigenvalue weighted by Gasteiger charge is -2.18. The summed E-state index contributed by atoms with van der Waals surface area (Å²) in [6.07, 6.45) is 5.53. The van der Waals surface area contributed by atoms with Crippen LogP contribution in [0.1, 0.15) is 36.1 Å². The first-order valence-electron chi connectivity index (χ1n) is 6.53. The van der Waals surface area contributed by atoms with E-state index in [1.54, 1.807) is 23.1 Å². The highest BCUT2D eigenvalue weighted by molar-refractivity contribution is 7.99. The lowest BCUT2D eigenvalue weighted by Crippen LogP contribution is -2.05. The maximum absolute atomic E-state index is 6.18. The minimum absolute atomic E-state index is 0.579. The molecule has 2 aromatic rings. The van der Waals surface area contributed by atoms with Crippen molar-refractivity contribution in [3.05, 3.63) is 23.1 Å². The highest BCUT2D eigenvalue weighted by Gasteiger charge is 2.24. The number of nitrogens with zero attached hydrogens (tertiary/aromatic N) is 2. The van der Waals surface area contributed by atoms with E-state index in [0.717, 1.165) is 27.5 Å². The van der Waals surface area contributed by atoms with Crippen LogP contribution in [0.25, 0.3) is 10.2 Å². The van der Waals surface area contributed by atoms with Crippen LogP contribution in [0, 0.1) is 0 Å². The van der Waals surface area contributed by atoms with Crippen molar-refractivity contribution >= 4 is 39.1 Å². The Labute approximate surface area is 121 Å². The van der Waals surface area contributed by atoms with Crippen molar-refractivity contribution in [2.24, 2.45) is 0 Å². The minimum Gasteiger partial charge on any atom is -0.383 e. The molecular formula is C14H17N3S2. The first-order valence-corrected chi connectivity index (χ1v) is 8.33. The van der Waals surface area contributed by atoms with Gasteiger partial charge in [-0.2, -0.15) is 0 Å². The van der Waals surface area contributed by atoms with Crippen molar-refractivity contribution in [2.75, 3.05) is 11.5 Å². The van der Waals surface area contributed by atoms with E-state index in [0.29, 0.717) is 11.7 Å². The second-order valence-electron chi connectivity index (χ2n) is 4.90. The van der Waals surface area contributed by atoms with Crippen molar-refractivity contribution in [3.63, 3.8) is 0 Å². The molecule has 3 nitrogen and oxygen atoms in total. The summed E-state index contributed by atoms with van der Waals surface area (Å²) in [5, 5.41) is 1.87. The Bertz CT molecular complexity index is 633. The van der Waals surface area contributed by atoms with Gasteiger partial charge in [-0.15, -0.1) is 17.9 Å². The molecule has 19 heavy (non-hydrogen) atoms. The van der Waals surface area contributed by atoms with E-state index in [-0.39, 0.29) is 0 Å². The first kappa shape index (κ1) is 12.9. The summed E-state index contributed by atoms with van der Waals surface area (Å²) in [6.45, 7) is 6.00. The maximum Gasteiger partial charge on any atom is 0.191 e. The average molecular weight is 291 g/mol. The molecule has 0 saturated heterocycles. The molecular weight excluding hydrogens is 274 g/mol. The molecule has 0 aromatic carbocycles. The number of hydrogen-bond donors (Lipinski definition) is 1. The Morgan fingerprint density at radius 3 is 3.16 bits per heavy atom. The molecule has 1 unspecified atom stereocenters. The Morgan fingerprint density at radius 1 is 1.53 bits per heavy atom. The molecule has 0 spiro atoms. The summed E-state index contributed by atoms with van der Waals surface area (Å²) >= 11 is 3.38. The van der Waals surface area contributed by atoms with Gasteiger partial charge in [0.05, 0.1) is 5.39 Å². The number of thiophene rings is 1. The fraction of sp³-hybridized carbons (Fsp3) is 0.429. The molecule has 1 aliphatic carbocycles. The summed E-state index contributed by atoms with van der Waals surface area (Å²) < 4.78 is 0.